The van der Waals surface area contributed by atoms with E-state index in [1.165, 1.54) is 11.8 Å². The van der Waals surface area contributed by atoms with Gasteiger partial charge in [0, 0.05) is 23.5 Å². The van der Waals surface area contributed by atoms with Crippen LogP contribution in [0.1, 0.15) is 56.8 Å². The highest BCUT2D eigenvalue weighted by molar-refractivity contribution is 8.02. The molecule has 0 spiro atoms. The fourth-order valence-corrected chi connectivity index (χ4v) is 4.46. The van der Waals surface area contributed by atoms with E-state index in [2.05, 4.69) is 31.8 Å². The summed E-state index contributed by atoms with van der Waals surface area (Å²) >= 11 is 5.70. The molecule has 3 atom stereocenters. The van der Waals surface area contributed by atoms with Crippen molar-refractivity contribution in [3.63, 3.8) is 0 Å². The zero-order chi connectivity index (χ0) is 19.4. The number of rotatable bonds is 14. The van der Waals surface area contributed by atoms with Crippen LogP contribution in [0.2, 0.25) is 0 Å². The fourth-order valence-electron chi connectivity index (χ4n) is 2.86. The van der Waals surface area contributed by atoms with Crippen molar-refractivity contribution >= 4 is 36.1 Å². The van der Waals surface area contributed by atoms with Gasteiger partial charge in [0.1, 0.15) is 5.25 Å². The predicted octanol–water partition coefficient (Wildman–Crippen LogP) is 3.76. The molecule has 1 amide bonds. The topological polar surface area (TPSA) is 72.2 Å². The van der Waals surface area contributed by atoms with E-state index in [1.807, 2.05) is 30.3 Å². The van der Waals surface area contributed by atoms with Crippen molar-refractivity contribution in [2.24, 2.45) is 5.73 Å². The Kier molecular flexibility index (Phi) is 11.7. The van der Waals surface area contributed by atoms with Crippen molar-refractivity contribution < 1.29 is 9.59 Å². The monoisotopic (exact) mass is 396 g/mol. The molecule has 3 N–H and O–H groups in total. The van der Waals surface area contributed by atoms with Gasteiger partial charge < -0.3 is 11.1 Å². The molecule has 0 radical (unpaired) electrons. The van der Waals surface area contributed by atoms with Gasteiger partial charge in [0.05, 0.1) is 0 Å². The third-order valence-electron chi connectivity index (χ3n) is 4.35. The van der Waals surface area contributed by atoms with Gasteiger partial charge in [-0.15, -0.1) is 11.8 Å². The lowest BCUT2D eigenvalue weighted by molar-refractivity contribution is -0.125. The highest BCUT2D eigenvalue weighted by atomic mass is 32.2. The SMILES string of the molecule is CCC[C@H](CC)NCCCC(=O)C(SC(CS)c1ccccc1)C(N)=O. The summed E-state index contributed by atoms with van der Waals surface area (Å²) in [6, 6.07) is 10.3. The van der Waals surface area contributed by atoms with Crippen LogP contribution in [-0.2, 0) is 9.59 Å². The number of ketones is 1. The Morgan fingerprint density at radius 3 is 2.46 bits per heavy atom. The fraction of sp³-hybridized carbons (Fsp3) is 0.600. The number of thiol groups is 1. The molecule has 4 nitrogen and oxygen atoms in total. The van der Waals surface area contributed by atoms with Crippen molar-refractivity contribution in [3.8, 4) is 0 Å². The highest BCUT2D eigenvalue weighted by Crippen LogP contribution is 2.34. The summed E-state index contributed by atoms with van der Waals surface area (Å²) in [4.78, 5) is 24.4. The molecule has 0 aliphatic carbocycles. The van der Waals surface area contributed by atoms with Crippen LogP contribution >= 0.6 is 24.4 Å². The van der Waals surface area contributed by atoms with E-state index in [-0.39, 0.29) is 11.0 Å². The second kappa shape index (κ2) is 13.2. The number of carbonyl (C=O) groups is 2. The normalized spacial score (nSPS) is 14.6. The van der Waals surface area contributed by atoms with Crippen molar-refractivity contribution in [2.45, 2.75) is 62.5 Å². The van der Waals surface area contributed by atoms with Gasteiger partial charge in [0.2, 0.25) is 5.91 Å². The molecule has 26 heavy (non-hydrogen) atoms. The number of amides is 1. The van der Waals surface area contributed by atoms with Gasteiger partial charge in [0.15, 0.2) is 5.78 Å². The van der Waals surface area contributed by atoms with E-state index in [0.29, 0.717) is 18.2 Å². The summed E-state index contributed by atoms with van der Waals surface area (Å²) in [5.41, 5.74) is 6.57. The average molecular weight is 397 g/mol. The molecule has 0 saturated heterocycles. The van der Waals surface area contributed by atoms with Gasteiger partial charge in [0.25, 0.3) is 0 Å². The third kappa shape index (κ3) is 8.14. The first-order valence-corrected chi connectivity index (χ1v) is 11.0. The molecule has 0 bridgehead atoms. The van der Waals surface area contributed by atoms with Gasteiger partial charge in [-0.05, 0) is 31.4 Å². The van der Waals surface area contributed by atoms with E-state index < -0.39 is 11.2 Å². The Hall–Kier alpha value is -0.980. The van der Waals surface area contributed by atoms with Gasteiger partial charge in [-0.2, -0.15) is 12.6 Å². The largest absolute Gasteiger partial charge is 0.368 e. The van der Waals surface area contributed by atoms with E-state index in [4.69, 9.17) is 5.73 Å². The minimum absolute atomic E-state index is 0.0341. The maximum atomic E-state index is 12.5. The number of primary amides is 1. The number of hydrogen-bond donors (Lipinski definition) is 3. The quantitative estimate of drug-likeness (QED) is 0.254. The molecule has 2 unspecified atom stereocenters. The van der Waals surface area contributed by atoms with Crippen LogP contribution in [0.25, 0.3) is 0 Å². The molecule has 0 aromatic heterocycles. The Balaban J connectivity index is 2.55. The van der Waals surface area contributed by atoms with E-state index in [9.17, 15) is 9.59 Å². The summed E-state index contributed by atoms with van der Waals surface area (Å²) in [5, 5.41) is 2.64. The first kappa shape index (κ1) is 23.1. The number of benzene rings is 1. The minimum Gasteiger partial charge on any atom is -0.368 e. The zero-order valence-electron chi connectivity index (χ0n) is 15.8. The lowest BCUT2D eigenvalue weighted by Crippen LogP contribution is -2.35. The average Bonchev–Trinajstić information content (AvgIpc) is 2.65. The number of nitrogens with one attached hydrogen (secondary N) is 1. The van der Waals surface area contributed by atoms with Crippen LogP contribution in [0.5, 0.6) is 0 Å². The molecule has 1 aromatic carbocycles. The summed E-state index contributed by atoms with van der Waals surface area (Å²) in [6.45, 7) is 5.13. The van der Waals surface area contributed by atoms with Gasteiger partial charge in [-0.25, -0.2) is 0 Å². The molecule has 146 valence electrons. The van der Waals surface area contributed by atoms with E-state index in [0.717, 1.165) is 37.8 Å². The third-order valence-corrected chi connectivity index (χ3v) is 6.50. The van der Waals surface area contributed by atoms with Crippen LogP contribution in [0.15, 0.2) is 30.3 Å². The van der Waals surface area contributed by atoms with Gasteiger partial charge >= 0.3 is 0 Å². The second-order valence-corrected chi connectivity index (χ2v) is 8.10. The van der Waals surface area contributed by atoms with Gasteiger partial charge in [-0.1, -0.05) is 50.6 Å². The Bertz CT molecular complexity index is 540. The van der Waals surface area contributed by atoms with Crippen molar-refractivity contribution in [1.29, 1.82) is 0 Å². The maximum absolute atomic E-state index is 12.5. The molecule has 0 aliphatic rings. The van der Waals surface area contributed by atoms with Crippen molar-refractivity contribution in [3.05, 3.63) is 35.9 Å². The van der Waals surface area contributed by atoms with Crippen LogP contribution in [-0.4, -0.2) is 35.3 Å². The lowest BCUT2D eigenvalue weighted by Gasteiger charge is -2.20. The Morgan fingerprint density at radius 2 is 1.92 bits per heavy atom. The first-order valence-electron chi connectivity index (χ1n) is 9.40. The number of carbonyl (C=O) groups excluding carboxylic acids is 2. The summed E-state index contributed by atoms with van der Waals surface area (Å²) in [6.07, 6.45) is 4.47. The Morgan fingerprint density at radius 1 is 1.23 bits per heavy atom. The number of hydrogen-bond acceptors (Lipinski definition) is 5. The van der Waals surface area contributed by atoms with Gasteiger partial charge in [-0.3, -0.25) is 9.59 Å². The standard InChI is InChI=1S/C20H32N2O2S2/c1-3-9-16(4-2)22-13-8-12-17(23)19(20(21)24)26-18(14-25)15-10-6-5-7-11-15/h5-7,10-11,16,18-19,22,25H,3-4,8-9,12-14H2,1-2H3,(H2,21,24)/t16-,18?,19?/m0/s1. The number of thioether (sulfide) groups is 1. The molecule has 6 heteroatoms. The highest BCUT2D eigenvalue weighted by Gasteiger charge is 2.28. The Labute approximate surface area is 167 Å². The van der Waals surface area contributed by atoms with Crippen LogP contribution in [0.3, 0.4) is 0 Å². The molecule has 0 aliphatic heterocycles. The smallest absolute Gasteiger partial charge is 0.238 e. The van der Waals surface area contributed by atoms with Crippen LogP contribution in [0, 0.1) is 0 Å². The van der Waals surface area contributed by atoms with Crippen LogP contribution in [0.4, 0.5) is 0 Å². The molecule has 0 fully saturated rings. The van der Waals surface area contributed by atoms with Crippen LogP contribution < -0.4 is 11.1 Å². The minimum atomic E-state index is -0.815. The molecule has 0 saturated carbocycles. The van der Waals surface area contributed by atoms with E-state index >= 15 is 0 Å². The first-order chi connectivity index (χ1) is 12.5. The molecule has 1 rings (SSSR count). The zero-order valence-corrected chi connectivity index (χ0v) is 17.5. The summed E-state index contributed by atoms with van der Waals surface area (Å²) < 4.78 is 0. The predicted molar refractivity (Wildman–Crippen MR) is 115 cm³/mol. The molecule has 0 heterocycles. The summed E-state index contributed by atoms with van der Waals surface area (Å²) in [5.74, 6) is -0.105. The number of nitrogens with two attached hydrogens (primary N) is 1. The second-order valence-electron chi connectivity index (χ2n) is 6.42. The lowest BCUT2D eigenvalue weighted by atomic mass is 10.1. The van der Waals surface area contributed by atoms with E-state index in [1.54, 1.807) is 0 Å². The van der Waals surface area contributed by atoms with Crippen molar-refractivity contribution in [2.75, 3.05) is 12.3 Å². The number of Topliss-reactive ketones (excluding diaryl/α,β-unsaturated/α-hetero) is 1. The molecular weight excluding hydrogens is 364 g/mol. The molecule has 1 aromatic rings. The maximum Gasteiger partial charge on any atom is 0.238 e. The van der Waals surface area contributed by atoms with Crippen molar-refractivity contribution in [1.82, 2.24) is 5.32 Å². The summed E-state index contributed by atoms with van der Waals surface area (Å²) in [7, 11) is 0. The molecular formula is C20H32N2O2S2.